The smallest absolute Gasteiger partial charge is 0.205 e. The number of hydrogen-bond donors (Lipinski definition) is 0. The number of para-hydroxylation sites is 2. The van der Waals surface area contributed by atoms with Crippen LogP contribution in [0.25, 0.3) is 0 Å². The second-order valence-electron chi connectivity index (χ2n) is 4.77. The molecule has 0 radical (unpaired) electrons. The third-order valence-corrected chi connectivity index (χ3v) is 4.36. The molecular weight excluding hydrogens is 272 g/mol. The minimum absolute atomic E-state index is 0.858. The molecule has 0 N–H and O–H groups in total. The lowest BCUT2D eigenvalue weighted by Gasteiger charge is -2.36. The molecule has 1 fully saturated rings. The Hall–Kier alpha value is -1.82. The van der Waals surface area contributed by atoms with Crippen molar-refractivity contribution < 1.29 is 4.74 Å². The average Bonchev–Trinajstić information content (AvgIpc) is 2.94. The first-order chi connectivity index (χ1) is 9.78. The molecule has 106 valence electrons. The Balaban J connectivity index is 1.69. The topological polar surface area (TPSA) is 41.5 Å². The maximum absolute atomic E-state index is 5.44. The Bertz CT molecular complexity index is 578. The van der Waals surface area contributed by atoms with Crippen molar-refractivity contribution in [2.24, 2.45) is 0 Å². The summed E-state index contributed by atoms with van der Waals surface area (Å²) in [5, 5.41) is 1.03. The zero-order valence-corrected chi connectivity index (χ0v) is 12.6. The van der Waals surface area contributed by atoms with E-state index in [1.54, 1.807) is 7.11 Å². The zero-order valence-electron chi connectivity index (χ0n) is 11.7. The van der Waals surface area contributed by atoms with Gasteiger partial charge in [0.2, 0.25) is 5.13 Å². The molecule has 5 nitrogen and oxygen atoms in total. The van der Waals surface area contributed by atoms with Gasteiger partial charge in [0.15, 0.2) is 0 Å². The number of hydrogen-bond acceptors (Lipinski definition) is 6. The molecule has 1 aliphatic rings. The number of aromatic nitrogens is 2. The summed E-state index contributed by atoms with van der Waals surface area (Å²) >= 11 is 1.48. The first-order valence-corrected chi connectivity index (χ1v) is 7.48. The molecule has 1 aliphatic heterocycles. The fourth-order valence-electron chi connectivity index (χ4n) is 2.44. The molecule has 6 heteroatoms. The Morgan fingerprint density at radius 3 is 2.45 bits per heavy atom. The first-order valence-electron chi connectivity index (χ1n) is 6.71. The van der Waals surface area contributed by atoms with E-state index in [-0.39, 0.29) is 0 Å². The van der Waals surface area contributed by atoms with Gasteiger partial charge in [0, 0.05) is 37.7 Å². The monoisotopic (exact) mass is 290 g/mol. The molecule has 2 aromatic rings. The Morgan fingerprint density at radius 2 is 1.80 bits per heavy atom. The van der Waals surface area contributed by atoms with Crippen LogP contribution >= 0.6 is 11.5 Å². The van der Waals surface area contributed by atoms with Crippen molar-refractivity contribution >= 4 is 22.4 Å². The molecule has 0 atom stereocenters. The normalized spacial score (nSPS) is 15.5. The maximum Gasteiger partial charge on any atom is 0.205 e. The molecular formula is C14H18N4OS. The van der Waals surface area contributed by atoms with Crippen molar-refractivity contribution in [3.05, 3.63) is 30.1 Å². The molecule has 3 rings (SSSR count). The molecule has 0 spiro atoms. The molecule has 1 saturated heterocycles. The second kappa shape index (κ2) is 5.66. The van der Waals surface area contributed by atoms with E-state index in [0.29, 0.717) is 0 Å². The minimum atomic E-state index is 0.858. The van der Waals surface area contributed by atoms with Crippen LogP contribution in [0.2, 0.25) is 0 Å². The van der Waals surface area contributed by atoms with Gasteiger partial charge in [-0.2, -0.15) is 4.37 Å². The van der Waals surface area contributed by atoms with E-state index < -0.39 is 0 Å². The molecule has 0 aliphatic carbocycles. The van der Waals surface area contributed by atoms with E-state index in [0.717, 1.165) is 42.9 Å². The summed E-state index contributed by atoms with van der Waals surface area (Å²) in [6.07, 6.45) is 0. The predicted octanol–water partition coefficient (Wildman–Crippen LogP) is 2.18. The van der Waals surface area contributed by atoms with Gasteiger partial charge < -0.3 is 14.5 Å². The molecule has 2 heterocycles. The van der Waals surface area contributed by atoms with E-state index in [1.807, 2.05) is 19.1 Å². The minimum Gasteiger partial charge on any atom is -0.495 e. The van der Waals surface area contributed by atoms with Crippen LogP contribution < -0.4 is 14.5 Å². The summed E-state index contributed by atoms with van der Waals surface area (Å²) in [6, 6.07) is 8.18. The van der Waals surface area contributed by atoms with Crippen molar-refractivity contribution in [2.75, 3.05) is 43.1 Å². The summed E-state index contributed by atoms with van der Waals surface area (Å²) in [6.45, 7) is 5.81. The number of piperazine rings is 1. The molecule has 1 aromatic carbocycles. The molecule has 0 saturated carbocycles. The van der Waals surface area contributed by atoms with Gasteiger partial charge in [0.1, 0.15) is 11.6 Å². The van der Waals surface area contributed by atoms with Crippen LogP contribution in [0.15, 0.2) is 24.3 Å². The highest BCUT2D eigenvalue weighted by atomic mass is 32.1. The van der Waals surface area contributed by atoms with E-state index in [4.69, 9.17) is 4.74 Å². The SMILES string of the molecule is COc1ccccc1N1CCN(c2nc(C)ns2)CC1. The van der Waals surface area contributed by atoms with Crippen LogP contribution in [0.1, 0.15) is 5.82 Å². The molecule has 0 unspecified atom stereocenters. The Morgan fingerprint density at radius 1 is 1.10 bits per heavy atom. The van der Waals surface area contributed by atoms with Crippen molar-refractivity contribution in [1.82, 2.24) is 9.36 Å². The number of methoxy groups -OCH3 is 1. The van der Waals surface area contributed by atoms with Crippen LogP contribution in [-0.2, 0) is 0 Å². The number of aryl methyl sites for hydroxylation is 1. The molecule has 0 amide bonds. The quantitative estimate of drug-likeness (QED) is 0.866. The summed E-state index contributed by atoms with van der Waals surface area (Å²) in [5.74, 6) is 1.80. The van der Waals surface area contributed by atoms with Crippen LogP contribution in [0.4, 0.5) is 10.8 Å². The van der Waals surface area contributed by atoms with Gasteiger partial charge in [-0.25, -0.2) is 4.98 Å². The second-order valence-corrected chi connectivity index (χ2v) is 5.50. The summed E-state index contributed by atoms with van der Waals surface area (Å²) in [7, 11) is 1.72. The third kappa shape index (κ3) is 2.56. The van der Waals surface area contributed by atoms with Crippen molar-refractivity contribution in [1.29, 1.82) is 0 Å². The average molecular weight is 290 g/mol. The fraction of sp³-hybridized carbons (Fsp3) is 0.429. The van der Waals surface area contributed by atoms with Gasteiger partial charge in [0.25, 0.3) is 0 Å². The maximum atomic E-state index is 5.44. The highest BCUT2D eigenvalue weighted by molar-refractivity contribution is 7.09. The van der Waals surface area contributed by atoms with Gasteiger partial charge in [-0.15, -0.1) is 0 Å². The van der Waals surface area contributed by atoms with Crippen LogP contribution in [0.5, 0.6) is 5.75 Å². The highest BCUT2D eigenvalue weighted by Crippen LogP contribution is 2.29. The first kappa shape index (κ1) is 13.2. The van der Waals surface area contributed by atoms with Crippen molar-refractivity contribution in [2.45, 2.75) is 6.92 Å². The highest BCUT2D eigenvalue weighted by Gasteiger charge is 2.21. The van der Waals surface area contributed by atoms with E-state index in [1.165, 1.54) is 17.2 Å². The predicted molar refractivity (Wildman–Crippen MR) is 82.1 cm³/mol. The van der Waals surface area contributed by atoms with Gasteiger partial charge in [-0.1, -0.05) is 12.1 Å². The molecule has 1 aromatic heterocycles. The summed E-state index contributed by atoms with van der Waals surface area (Å²) < 4.78 is 9.69. The van der Waals surface area contributed by atoms with Gasteiger partial charge in [-0.05, 0) is 19.1 Å². The number of anilines is 2. The Kier molecular flexibility index (Phi) is 3.73. The van der Waals surface area contributed by atoms with Crippen LogP contribution in [0.3, 0.4) is 0 Å². The summed E-state index contributed by atoms with van der Waals surface area (Å²) in [4.78, 5) is 9.12. The van der Waals surface area contributed by atoms with E-state index >= 15 is 0 Å². The van der Waals surface area contributed by atoms with Gasteiger partial charge in [-0.3, -0.25) is 0 Å². The number of rotatable bonds is 3. The number of nitrogens with zero attached hydrogens (tertiary/aromatic N) is 4. The van der Waals surface area contributed by atoms with Crippen LogP contribution in [0, 0.1) is 6.92 Å². The van der Waals surface area contributed by atoms with Crippen LogP contribution in [-0.4, -0.2) is 42.6 Å². The summed E-state index contributed by atoms with van der Waals surface area (Å²) in [5.41, 5.74) is 1.17. The lowest BCUT2D eigenvalue weighted by molar-refractivity contribution is 0.413. The molecule has 20 heavy (non-hydrogen) atoms. The van der Waals surface area contributed by atoms with Gasteiger partial charge in [0.05, 0.1) is 12.8 Å². The van der Waals surface area contributed by atoms with Crippen molar-refractivity contribution in [3.63, 3.8) is 0 Å². The fourth-order valence-corrected chi connectivity index (χ4v) is 3.17. The lowest BCUT2D eigenvalue weighted by Crippen LogP contribution is -2.46. The zero-order chi connectivity index (χ0) is 13.9. The van der Waals surface area contributed by atoms with E-state index in [9.17, 15) is 0 Å². The molecule has 0 bridgehead atoms. The number of benzene rings is 1. The van der Waals surface area contributed by atoms with Gasteiger partial charge >= 0.3 is 0 Å². The third-order valence-electron chi connectivity index (χ3n) is 3.49. The number of ether oxygens (including phenoxy) is 1. The van der Waals surface area contributed by atoms with Crippen molar-refractivity contribution in [3.8, 4) is 5.75 Å². The standard InChI is InChI=1S/C14H18N4OS/c1-11-15-14(20-16-11)18-9-7-17(8-10-18)12-5-3-4-6-13(12)19-2/h3-6H,7-10H2,1-2H3. The largest absolute Gasteiger partial charge is 0.495 e. The lowest BCUT2D eigenvalue weighted by atomic mass is 10.2. The van der Waals surface area contributed by atoms with E-state index in [2.05, 4.69) is 31.3 Å². The Labute approximate surface area is 123 Å².